The molecule has 0 heterocycles. The minimum absolute atomic E-state index is 0.162. The molecule has 0 aromatic heterocycles. The highest BCUT2D eigenvalue weighted by molar-refractivity contribution is 14.1. The maximum atomic E-state index is 9.73. The van der Waals surface area contributed by atoms with Gasteiger partial charge >= 0.3 is 0 Å². The van der Waals surface area contributed by atoms with E-state index in [2.05, 4.69) is 53.2 Å². The second kappa shape index (κ2) is 8.11. The molecule has 0 spiro atoms. The van der Waals surface area contributed by atoms with Crippen LogP contribution in [0.15, 0.2) is 34.0 Å². The van der Waals surface area contributed by atoms with Crippen molar-refractivity contribution in [2.24, 2.45) is 5.92 Å². The Labute approximate surface area is 107 Å². The Kier molecular flexibility index (Phi) is 8.06. The van der Waals surface area contributed by atoms with Gasteiger partial charge in [-0.25, -0.2) is 0 Å². The lowest BCUT2D eigenvalue weighted by molar-refractivity contribution is 0.141. The number of aliphatic hydroxyl groups excluding tert-OH is 1. The van der Waals surface area contributed by atoms with Crippen molar-refractivity contribution in [3.8, 4) is 0 Å². The summed E-state index contributed by atoms with van der Waals surface area (Å²) in [6, 6.07) is 0. The second-order valence-corrected chi connectivity index (χ2v) is 4.70. The fourth-order valence-corrected chi connectivity index (χ4v) is 1.46. The first-order valence-corrected chi connectivity index (χ1v) is 6.48. The molecule has 15 heavy (non-hydrogen) atoms. The Morgan fingerprint density at radius 2 is 2.00 bits per heavy atom. The summed E-state index contributed by atoms with van der Waals surface area (Å²) >= 11 is 2.25. The Bertz CT molecular complexity index is 253. The van der Waals surface area contributed by atoms with Crippen LogP contribution in [-0.4, -0.2) is 11.2 Å². The zero-order valence-corrected chi connectivity index (χ0v) is 12.0. The van der Waals surface area contributed by atoms with Crippen LogP contribution in [0, 0.1) is 5.92 Å². The fourth-order valence-electron chi connectivity index (χ4n) is 1.24. The maximum absolute atomic E-state index is 9.73. The van der Waals surface area contributed by atoms with Gasteiger partial charge in [0, 0.05) is 0 Å². The summed E-state index contributed by atoms with van der Waals surface area (Å²) in [7, 11) is 0. The van der Waals surface area contributed by atoms with Gasteiger partial charge in [0.15, 0.2) is 0 Å². The maximum Gasteiger partial charge on any atom is 0.0634 e. The standard InChI is InChI=1S/C13H21IO/c1-5-12(4)13(15)7-6-10(2)8-11(3)9-14/h5-6,9,12-13,15H,1,7-8H2,2-4H3/b10-6+,11-9+/t12-,13-/m0/s1. The number of allylic oxidation sites excluding steroid dienone is 2. The molecule has 0 radical (unpaired) electrons. The molecule has 0 fully saturated rings. The van der Waals surface area contributed by atoms with Crippen LogP contribution < -0.4 is 0 Å². The average molecular weight is 320 g/mol. The third kappa shape index (κ3) is 6.90. The molecule has 0 saturated carbocycles. The van der Waals surface area contributed by atoms with Gasteiger partial charge < -0.3 is 5.11 Å². The highest BCUT2D eigenvalue weighted by Crippen LogP contribution is 2.15. The van der Waals surface area contributed by atoms with Crippen LogP contribution in [-0.2, 0) is 0 Å². The van der Waals surface area contributed by atoms with Gasteiger partial charge in [-0.05, 0) is 36.7 Å². The minimum Gasteiger partial charge on any atom is -0.392 e. The van der Waals surface area contributed by atoms with Gasteiger partial charge in [-0.3, -0.25) is 0 Å². The summed E-state index contributed by atoms with van der Waals surface area (Å²) in [5, 5.41) is 9.73. The van der Waals surface area contributed by atoms with Gasteiger partial charge in [0.05, 0.1) is 6.10 Å². The summed E-state index contributed by atoms with van der Waals surface area (Å²) < 4.78 is 2.10. The van der Waals surface area contributed by atoms with E-state index in [-0.39, 0.29) is 12.0 Å². The van der Waals surface area contributed by atoms with Crippen LogP contribution in [0.25, 0.3) is 0 Å². The van der Waals surface area contributed by atoms with E-state index in [9.17, 15) is 5.11 Å². The van der Waals surface area contributed by atoms with Gasteiger partial charge in [0.1, 0.15) is 0 Å². The van der Waals surface area contributed by atoms with E-state index in [1.165, 1.54) is 11.1 Å². The Hall–Kier alpha value is -0.0900. The molecular weight excluding hydrogens is 299 g/mol. The highest BCUT2D eigenvalue weighted by atomic mass is 127. The summed E-state index contributed by atoms with van der Waals surface area (Å²) in [6.45, 7) is 9.89. The van der Waals surface area contributed by atoms with Gasteiger partial charge in [0.2, 0.25) is 0 Å². The molecule has 2 atom stereocenters. The first-order chi connectivity index (χ1) is 7.01. The van der Waals surface area contributed by atoms with Crippen molar-refractivity contribution in [1.82, 2.24) is 0 Å². The van der Waals surface area contributed by atoms with Crippen molar-refractivity contribution >= 4 is 22.6 Å². The Morgan fingerprint density at radius 1 is 1.40 bits per heavy atom. The molecular formula is C13H21IO. The summed E-state index contributed by atoms with van der Waals surface area (Å²) in [4.78, 5) is 0. The van der Waals surface area contributed by atoms with Crippen molar-refractivity contribution in [2.75, 3.05) is 0 Å². The quantitative estimate of drug-likeness (QED) is 0.573. The number of hydrogen-bond donors (Lipinski definition) is 1. The number of hydrogen-bond acceptors (Lipinski definition) is 1. The lowest BCUT2D eigenvalue weighted by Crippen LogP contribution is -2.14. The predicted octanol–water partition coefficient (Wildman–Crippen LogP) is 4.23. The molecule has 0 bridgehead atoms. The first kappa shape index (κ1) is 14.9. The number of rotatable bonds is 6. The molecule has 1 nitrogen and oxygen atoms in total. The van der Waals surface area contributed by atoms with Crippen LogP contribution in [0.3, 0.4) is 0 Å². The van der Waals surface area contributed by atoms with Crippen molar-refractivity contribution in [1.29, 1.82) is 0 Å². The van der Waals surface area contributed by atoms with Crippen LogP contribution in [0.4, 0.5) is 0 Å². The van der Waals surface area contributed by atoms with Crippen LogP contribution in [0.5, 0.6) is 0 Å². The van der Waals surface area contributed by atoms with E-state index in [1.54, 1.807) is 6.08 Å². The van der Waals surface area contributed by atoms with Crippen molar-refractivity contribution in [3.05, 3.63) is 34.0 Å². The van der Waals surface area contributed by atoms with Crippen LogP contribution in [0.1, 0.15) is 33.6 Å². The van der Waals surface area contributed by atoms with Crippen molar-refractivity contribution in [2.45, 2.75) is 39.7 Å². The molecule has 0 rings (SSSR count). The zero-order chi connectivity index (χ0) is 11.8. The zero-order valence-electron chi connectivity index (χ0n) is 9.83. The van der Waals surface area contributed by atoms with Crippen LogP contribution in [0.2, 0.25) is 0 Å². The molecule has 86 valence electrons. The molecule has 2 heteroatoms. The van der Waals surface area contributed by atoms with Crippen molar-refractivity contribution < 1.29 is 5.11 Å². The second-order valence-electron chi connectivity index (χ2n) is 4.08. The Balaban J connectivity index is 4.10. The monoisotopic (exact) mass is 320 g/mol. The molecule has 1 N–H and O–H groups in total. The molecule has 0 saturated heterocycles. The molecule has 0 aromatic rings. The number of aliphatic hydroxyl groups is 1. The summed E-state index contributed by atoms with van der Waals surface area (Å²) in [5.74, 6) is 0.162. The lowest BCUT2D eigenvalue weighted by atomic mass is 10.00. The van der Waals surface area contributed by atoms with Gasteiger partial charge in [-0.2, -0.15) is 0 Å². The molecule has 0 aliphatic rings. The van der Waals surface area contributed by atoms with E-state index in [0.29, 0.717) is 6.42 Å². The smallest absolute Gasteiger partial charge is 0.0634 e. The molecule has 0 aliphatic heterocycles. The van der Waals surface area contributed by atoms with E-state index in [0.717, 1.165) is 6.42 Å². The molecule has 0 unspecified atom stereocenters. The first-order valence-electron chi connectivity index (χ1n) is 5.23. The van der Waals surface area contributed by atoms with E-state index < -0.39 is 0 Å². The largest absolute Gasteiger partial charge is 0.392 e. The molecule has 0 amide bonds. The van der Waals surface area contributed by atoms with Gasteiger partial charge in [-0.1, -0.05) is 52.8 Å². The van der Waals surface area contributed by atoms with Crippen LogP contribution >= 0.6 is 22.6 Å². The normalized spacial score (nSPS) is 17.4. The highest BCUT2D eigenvalue weighted by Gasteiger charge is 2.08. The third-order valence-corrected chi connectivity index (χ3v) is 3.49. The third-order valence-electron chi connectivity index (χ3n) is 2.43. The molecule has 0 aromatic carbocycles. The van der Waals surface area contributed by atoms with E-state index in [4.69, 9.17) is 0 Å². The molecule has 0 aliphatic carbocycles. The van der Waals surface area contributed by atoms with Gasteiger partial charge in [-0.15, -0.1) is 6.58 Å². The lowest BCUT2D eigenvalue weighted by Gasteiger charge is -2.13. The van der Waals surface area contributed by atoms with Gasteiger partial charge in [0.25, 0.3) is 0 Å². The number of halogens is 1. The Morgan fingerprint density at radius 3 is 2.47 bits per heavy atom. The minimum atomic E-state index is -0.304. The van der Waals surface area contributed by atoms with E-state index in [1.807, 2.05) is 6.92 Å². The van der Waals surface area contributed by atoms with E-state index >= 15 is 0 Å². The average Bonchev–Trinajstić information content (AvgIpc) is 2.24. The summed E-state index contributed by atoms with van der Waals surface area (Å²) in [6.07, 6.45) is 5.32. The topological polar surface area (TPSA) is 20.2 Å². The van der Waals surface area contributed by atoms with Crippen molar-refractivity contribution in [3.63, 3.8) is 0 Å². The predicted molar refractivity (Wildman–Crippen MR) is 76.1 cm³/mol. The fraction of sp³-hybridized carbons (Fsp3) is 0.538. The summed E-state index contributed by atoms with van der Waals surface area (Å²) in [5.41, 5.74) is 2.67. The SMILES string of the molecule is C=C[C@H](C)[C@@H](O)C/C=C(\C)C/C(C)=C/I.